The number of nitrogens with one attached hydrogen (secondary N) is 1. The second kappa shape index (κ2) is 6.86. The van der Waals surface area contributed by atoms with Gasteiger partial charge in [0.15, 0.2) is 0 Å². The Hall–Kier alpha value is -2.14. The van der Waals surface area contributed by atoms with Crippen molar-refractivity contribution in [2.75, 3.05) is 5.75 Å². The molecule has 0 bridgehead atoms. The highest BCUT2D eigenvalue weighted by Crippen LogP contribution is 2.23. The standard InChI is InChI=1S/C12H14N4O3S/c1-6-7(2)15-16-11(9(6)4-13)20-5-10(12(18)19)14-8(3)17/h10H,5H2,1-3H3,(H,14,17)(H,18,19). The Balaban J connectivity index is 2.89. The van der Waals surface area contributed by atoms with E-state index in [1.165, 1.54) is 6.92 Å². The summed E-state index contributed by atoms with van der Waals surface area (Å²) in [6.07, 6.45) is 0. The summed E-state index contributed by atoms with van der Waals surface area (Å²) >= 11 is 1.08. The zero-order chi connectivity index (χ0) is 15.3. The summed E-state index contributed by atoms with van der Waals surface area (Å²) in [5.74, 6) is -1.49. The normalized spacial score (nSPS) is 11.5. The molecule has 2 N–H and O–H groups in total. The third-order valence-corrected chi connectivity index (χ3v) is 3.66. The molecule has 1 amide bonds. The van der Waals surface area contributed by atoms with Gasteiger partial charge in [-0.05, 0) is 19.4 Å². The number of hydrogen-bond acceptors (Lipinski definition) is 6. The van der Waals surface area contributed by atoms with Crippen LogP contribution in [-0.4, -0.2) is 39.0 Å². The van der Waals surface area contributed by atoms with Crippen LogP contribution in [0.3, 0.4) is 0 Å². The first-order valence-corrected chi connectivity index (χ1v) is 6.72. The average Bonchev–Trinajstić information content (AvgIpc) is 2.37. The van der Waals surface area contributed by atoms with Gasteiger partial charge in [-0.25, -0.2) is 4.79 Å². The molecule has 1 rings (SSSR count). The van der Waals surface area contributed by atoms with Gasteiger partial charge in [0.1, 0.15) is 17.1 Å². The number of amides is 1. The number of carboxylic acids is 1. The van der Waals surface area contributed by atoms with Crippen LogP contribution in [0.4, 0.5) is 0 Å². The van der Waals surface area contributed by atoms with Gasteiger partial charge in [-0.2, -0.15) is 10.4 Å². The van der Waals surface area contributed by atoms with Crippen molar-refractivity contribution in [1.82, 2.24) is 15.5 Å². The summed E-state index contributed by atoms with van der Waals surface area (Å²) in [6, 6.07) is 1.01. The third-order valence-electron chi connectivity index (χ3n) is 2.60. The molecular formula is C12H14N4O3S. The Morgan fingerprint density at radius 2 is 2.10 bits per heavy atom. The van der Waals surface area contributed by atoms with Gasteiger partial charge in [0.05, 0.1) is 11.3 Å². The summed E-state index contributed by atoms with van der Waals surface area (Å²) in [7, 11) is 0. The molecule has 0 aliphatic carbocycles. The van der Waals surface area contributed by atoms with Crippen molar-refractivity contribution in [2.24, 2.45) is 0 Å². The summed E-state index contributed by atoms with van der Waals surface area (Å²) in [6.45, 7) is 4.75. The molecule has 0 saturated carbocycles. The number of aliphatic carboxylic acids is 1. The van der Waals surface area contributed by atoms with Crippen molar-refractivity contribution in [3.8, 4) is 6.07 Å². The van der Waals surface area contributed by atoms with Crippen molar-refractivity contribution in [3.63, 3.8) is 0 Å². The van der Waals surface area contributed by atoms with Gasteiger partial charge in [0.2, 0.25) is 5.91 Å². The Morgan fingerprint density at radius 1 is 1.45 bits per heavy atom. The summed E-state index contributed by atoms with van der Waals surface area (Å²) < 4.78 is 0. The van der Waals surface area contributed by atoms with E-state index in [0.717, 1.165) is 17.3 Å². The molecule has 1 unspecified atom stereocenters. The highest BCUT2D eigenvalue weighted by molar-refractivity contribution is 7.99. The van der Waals surface area contributed by atoms with Crippen LogP contribution in [0.5, 0.6) is 0 Å². The lowest BCUT2D eigenvalue weighted by Crippen LogP contribution is -2.41. The lowest BCUT2D eigenvalue weighted by Gasteiger charge is -2.13. The molecule has 0 aromatic carbocycles. The molecule has 106 valence electrons. The van der Waals surface area contributed by atoms with Gasteiger partial charge in [-0.15, -0.1) is 16.9 Å². The smallest absolute Gasteiger partial charge is 0.327 e. The van der Waals surface area contributed by atoms with E-state index in [-0.39, 0.29) is 5.75 Å². The molecule has 0 spiro atoms. The van der Waals surface area contributed by atoms with E-state index in [4.69, 9.17) is 10.4 Å². The van der Waals surface area contributed by atoms with E-state index in [0.29, 0.717) is 16.3 Å². The van der Waals surface area contributed by atoms with E-state index in [2.05, 4.69) is 15.5 Å². The van der Waals surface area contributed by atoms with Crippen LogP contribution in [0.15, 0.2) is 5.03 Å². The summed E-state index contributed by atoms with van der Waals surface area (Å²) in [4.78, 5) is 21.9. The van der Waals surface area contributed by atoms with E-state index < -0.39 is 17.9 Å². The largest absolute Gasteiger partial charge is 0.480 e. The first-order valence-electron chi connectivity index (χ1n) is 5.73. The number of nitriles is 1. The second-order valence-corrected chi connectivity index (χ2v) is 5.11. The van der Waals surface area contributed by atoms with Crippen molar-refractivity contribution < 1.29 is 14.7 Å². The first kappa shape index (κ1) is 15.9. The van der Waals surface area contributed by atoms with Crippen molar-refractivity contribution >= 4 is 23.6 Å². The summed E-state index contributed by atoms with van der Waals surface area (Å²) in [5.41, 5.74) is 1.76. The number of carboxylic acid groups (broad SMARTS) is 1. The number of aromatic nitrogens is 2. The van der Waals surface area contributed by atoms with Crippen LogP contribution in [-0.2, 0) is 9.59 Å². The van der Waals surface area contributed by atoms with Gasteiger partial charge < -0.3 is 10.4 Å². The number of aryl methyl sites for hydroxylation is 1. The van der Waals surface area contributed by atoms with Crippen LogP contribution in [0.25, 0.3) is 0 Å². The number of carbonyl (C=O) groups excluding carboxylic acids is 1. The van der Waals surface area contributed by atoms with Gasteiger partial charge in [0.25, 0.3) is 0 Å². The Kier molecular flexibility index (Phi) is 5.46. The highest BCUT2D eigenvalue weighted by Gasteiger charge is 2.20. The maximum absolute atomic E-state index is 11.0. The fourth-order valence-electron chi connectivity index (χ4n) is 1.40. The number of carbonyl (C=O) groups is 2. The van der Waals surface area contributed by atoms with Crippen molar-refractivity contribution in [3.05, 3.63) is 16.8 Å². The molecule has 0 radical (unpaired) electrons. The fraction of sp³-hybridized carbons (Fsp3) is 0.417. The minimum absolute atomic E-state index is 0.0702. The SMILES string of the molecule is CC(=O)NC(CSc1nnc(C)c(C)c1C#N)C(=O)O. The molecule has 20 heavy (non-hydrogen) atoms. The predicted molar refractivity (Wildman–Crippen MR) is 72.2 cm³/mol. The molecule has 1 heterocycles. The van der Waals surface area contributed by atoms with Crippen LogP contribution < -0.4 is 5.32 Å². The molecule has 0 fully saturated rings. The Morgan fingerprint density at radius 3 is 2.60 bits per heavy atom. The predicted octanol–water partition coefficient (Wildman–Crippen LogP) is 0.647. The average molecular weight is 294 g/mol. The lowest BCUT2D eigenvalue weighted by atomic mass is 10.1. The van der Waals surface area contributed by atoms with Crippen LogP contribution >= 0.6 is 11.8 Å². The molecule has 0 aliphatic heterocycles. The van der Waals surface area contributed by atoms with Crippen LogP contribution in [0, 0.1) is 25.2 Å². The zero-order valence-electron chi connectivity index (χ0n) is 11.3. The third kappa shape index (κ3) is 3.93. The van der Waals surface area contributed by atoms with E-state index in [1.54, 1.807) is 13.8 Å². The molecule has 1 atom stereocenters. The number of thioether (sulfide) groups is 1. The van der Waals surface area contributed by atoms with Gasteiger partial charge >= 0.3 is 5.97 Å². The van der Waals surface area contributed by atoms with Gasteiger partial charge in [-0.3, -0.25) is 4.79 Å². The second-order valence-electron chi connectivity index (χ2n) is 4.10. The number of nitrogens with zero attached hydrogens (tertiary/aromatic N) is 3. The maximum atomic E-state index is 11.0. The quantitative estimate of drug-likeness (QED) is 0.766. The molecule has 8 heteroatoms. The lowest BCUT2D eigenvalue weighted by molar-refractivity contribution is -0.140. The van der Waals surface area contributed by atoms with E-state index >= 15 is 0 Å². The van der Waals surface area contributed by atoms with Crippen molar-refractivity contribution in [1.29, 1.82) is 5.26 Å². The zero-order valence-corrected chi connectivity index (χ0v) is 12.1. The molecule has 0 aliphatic rings. The van der Waals surface area contributed by atoms with Crippen LogP contribution in [0.1, 0.15) is 23.7 Å². The fourth-order valence-corrected chi connectivity index (χ4v) is 2.39. The van der Waals surface area contributed by atoms with Gasteiger partial charge in [-0.1, -0.05) is 0 Å². The van der Waals surface area contributed by atoms with E-state index in [9.17, 15) is 9.59 Å². The van der Waals surface area contributed by atoms with Crippen LogP contribution in [0.2, 0.25) is 0 Å². The molecule has 0 saturated heterocycles. The highest BCUT2D eigenvalue weighted by atomic mass is 32.2. The topological polar surface area (TPSA) is 116 Å². The van der Waals surface area contributed by atoms with Crippen molar-refractivity contribution in [2.45, 2.75) is 31.8 Å². The monoisotopic (exact) mass is 294 g/mol. The Labute approximate surface area is 120 Å². The minimum atomic E-state index is -1.14. The Bertz CT molecular complexity index is 583. The first-order chi connectivity index (χ1) is 9.36. The molecule has 1 aromatic heterocycles. The van der Waals surface area contributed by atoms with E-state index in [1.807, 2.05) is 6.07 Å². The molecular weight excluding hydrogens is 280 g/mol. The minimum Gasteiger partial charge on any atom is -0.480 e. The molecule has 1 aromatic rings. The summed E-state index contributed by atoms with van der Waals surface area (Å²) in [5, 5.41) is 28.6. The maximum Gasteiger partial charge on any atom is 0.327 e. The van der Waals surface area contributed by atoms with Gasteiger partial charge in [0, 0.05) is 12.7 Å². The number of rotatable bonds is 5. The molecule has 7 nitrogen and oxygen atoms in total. The number of hydrogen-bond donors (Lipinski definition) is 2.